The summed E-state index contributed by atoms with van der Waals surface area (Å²) in [6.45, 7) is 2.12. The number of rotatable bonds is 4. The standard InChI is InChI=1S/C12H19F3N4O3S/c1-3-8-23(21,22)18-6-4-9(5-7-18)19-11(20)17(2)10(16-19)12(13,14)15/h9H,3-8H2,1-2H3. The number of hydrogen-bond acceptors (Lipinski definition) is 4. The molecule has 1 saturated heterocycles. The molecule has 132 valence electrons. The van der Waals surface area contributed by atoms with Gasteiger partial charge in [0.15, 0.2) is 0 Å². The van der Waals surface area contributed by atoms with Crippen LogP contribution in [0.25, 0.3) is 0 Å². The van der Waals surface area contributed by atoms with E-state index in [9.17, 15) is 26.4 Å². The first-order chi connectivity index (χ1) is 10.6. The van der Waals surface area contributed by atoms with Crippen LogP contribution < -0.4 is 5.69 Å². The van der Waals surface area contributed by atoms with Crippen LogP contribution in [0.5, 0.6) is 0 Å². The van der Waals surface area contributed by atoms with Crippen molar-refractivity contribution in [1.29, 1.82) is 0 Å². The molecule has 7 nitrogen and oxygen atoms in total. The average Bonchev–Trinajstić information content (AvgIpc) is 2.75. The molecule has 0 atom stereocenters. The Morgan fingerprint density at radius 3 is 2.26 bits per heavy atom. The molecule has 1 aromatic heterocycles. The van der Waals surface area contributed by atoms with Crippen molar-refractivity contribution >= 4 is 10.0 Å². The first-order valence-electron chi connectivity index (χ1n) is 7.28. The molecule has 2 heterocycles. The van der Waals surface area contributed by atoms with Crippen molar-refractivity contribution in [2.75, 3.05) is 18.8 Å². The van der Waals surface area contributed by atoms with E-state index in [0.717, 1.165) is 11.7 Å². The highest BCUT2D eigenvalue weighted by atomic mass is 32.2. The normalized spacial score (nSPS) is 18.5. The topological polar surface area (TPSA) is 77.2 Å². The van der Waals surface area contributed by atoms with Gasteiger partial charge in [0.05, 0.1) is 11.8 Å². The van der Waals surface area contributed by atoms with E-state index in [2.05, 4.69) is 5.10 Å². The predicted molar refractivity (Wildman–Crippen MR) is 76.4 cm³/mol. The van der Waals surface area contributed by atoms with Gasteiger partial charge < -0.3 is 0 Å². The maximum Gasteiger partial charge on any atom is 0.451 e. The summed E-state index contributed by atoms with van der Waals surface area (Å²) in [5.74, 6) is -1.21. The van der Waals surface area contributed by atoms with Gasteiger partial charge in [-0.05, 0) is 19.3 Å². The van der Waals surface area contributed by atoms with Crippen LogP contribution >= 0.6 is 0 Å². The molecule has 0 saturated carbocycles. The Morgan fingerprint density at radius 2 is 1.83 bits per heavy atom. The van der Waals surface area contributed by atoms with Crippen molar-refractivity contribution in [2.24, 2.45) is 7.05 Å². The minimum atomic E-state index is -4.70. The van der Waals surface area contributed by atoms with E-state index in [1.165, 1.54) is 4.31 Å². The second-order valence-electron chi connectivity index (χ2n) is 5.55. The molecule has 0 N–H and O–H groups in total. The van der Waals surface area contributed by atoms with Crippen LogP contribution in [0.2, 0.25) is 0 Å². The molecule has 23 heavy (non-hydrogen) atoms. The van der Waals surface area contributed by atoms with E-state index in [1.54, 1.807) is 6.92 Å². The first kappa shape index (κ1) is 18.0. The van der Waals surface area contributed by atoms with Gasteiger partial charge in [-0.15, -0.1) is 5.10 Å². The van der Waals surface area contributed by atoms with Crippen LogP contribution in [0.3, 0.4) is 0 Å². The molecule has 0 spiro atoms. The molecule has 0 amide bonds. The monoisotopic (exact) mass is 356 g/mol. The Morgan fingerprint density at radius 1 is 1.26 bits per heavy atom. The summed E-state index contributed by atoms with van der Waals surface area (Å²) in [5.41, 5.74) is -0.841. The zero-order chi connectivity index (χ0) is 17.4. The van der Waals surface area contributed by atoms with E-state index in [0.29, 0.717) is 11.0 Å². The van der Waals surface area contributed by atoms with Gasteiger partial charge in [0, 0.05) is 20.1 Å². The SMILES string of the molecule is CCCS(=O)(=O)N1CCC(n2nc(C(F)(F)F)n(C)c2=O)CC1. The third kappa shape index (κ3) is 3.60. The zero-order valence-electron chi connectivity index (χ0n) is 12.9. The quantitative estimate of drug-likeness (QED) is 0.806. The minimum Gasteiger partial charge on any atom is -0.274 e. The maximum atomic E-state index is 12.8. The summed E-state index contributed by atoms with van der Waals surface area (Å²) < 4.78 is 64.9. The second kappa shape index (κ2) is 6.27. The Bertz CT molecular complexity index is 715. The molecular weight excluding hydrogens is 337 g/mol. The fourth-order valence-electron chi connectivity index (χ4n) is 2.69. The van der Waals surface area contributed by atoms with Crippen molar-refractivity contribution in [1.82, 2.24) is 18.7 Å². The van der Waals surface area contributed by atoms with Crippen molar-refractivity contribution in [3.63, 3.8) is 0 Å². The average molecular weight is 356 g/mol. The van der Waals surface area contributed by atoms with Gasteiger partial charge >= 0.3 is 11.9 Å². The third-order valence-corrected chi connectivity index (χ3v) is 5.96. The van der Waals surface area contributed by atoms with E-state index < -0.39 is 33.8 Å². The molecule has 1 aliphatic rings. The van der Waals surface area contributed by atoms with Crippen molar-refractivity contribution < 1.29 is 21.6 Å². The predicted octanol–water partition coefficient (Wildman–Crippen LogP) is 0.977. The van der Waals surface area contributed by atoms with Gasteiger partial charge in [-0.3, -0.25) is 4.57 Å². The number of sulfonamides is 1. The van der Waals surface area contributed by atoms with Gasteiger partial charge in [-0.25, -0.2) is 22.2 Å². The summed E-state index contributed by atoms with van der Waals surface area (Å²) in [7, 11) is -2.31. The van der Waals surface area contributed by atoms with E-state index in [1.807, 2.05) is 0 Å². The fraction of sp³-hybridized carbons (Fsp3) is 0.833. The molecular formula is C12H19F3N4O3S. The van der Waals surface area contributed by atoms with Crippen LogP contribution in [-0.4, -0.2) is 45.9 Å². The molecule has 2 rings (SSSR count). The lowest BCUT2D eigenvalue weighted by Crippen LogP contribution is -2.42. The van der Waals surface area contributed by atoms with Gasteiger partial charge in [-0.2, -0.15) is 13.2 Å². The second-order valence-corrected chi connectivity index (χ2v) is 7.64. The van der Waals surface area contributed by atoms with Crippen LogP contribution in [0.4, 0.5) is 13.2 Å². The molecule has 1 aliphatic heterocycles. The molecule has 0 unspecified atom stereocenters. The highest BCUT2D eigenvalue weighted by molar-refractivity contribution is 7.89. The first-order valence-corrected chi connectivity index (χ1v) is 8.89. The number of hydrogen-bond donors (Lipinski definition) is 0. The Hall–Kier alpha value is -1.36. The lowest BCUT2D eigenvalue weighted by molar-refractivity contribution is -0.147. The molecule has 0 radical (unpaired) electrons. The number of nitrogens with zero attached hydrogens (tertiary/aromatic N) is 4. The Labute approximate surface area is 131 Å². The minimum absolute atomic E-state index is 0.0411. The lowest BCUT2D eigenvalue weighted by Gasteiger charge is -2.30. The van der Waals surface area contributed by atoms with Gasteiger partial charge in [0.25, 0.3) is 0 Å². The van der Waals surface area contributed by atoms with Gasteiger partial charge in [0.2, 0.25) is 15.8 Å². The number of piperidine rings is 1. The number of halogens is 3. The Balaban J connectivity index is 2.17. The van der Waals surface area contributed by atoms with E-state index in [4.69, 9.17) is 0 Å². The third-order valence-electron chi connectivity index (χ3n) is 3.88. The molecule has 0 aromatic carbocycles. The van der Waals surface area contributed by atoms with Gasteiger partial charge in [0.1, 0.15) is 0 Å². The summed E-state index contributed by atoms with van der Waals surface area (Å²) in [4.78, 5) is 11.9. The van der Waals surface area contributed by atoms with Crippen LogP contribution in [0, 0.1) is 0 Å². The molecule has 11 heteroatoms. The largest absolute Gasteiger partial charge is 0.451 e. The van der Waals surface area contributed by atoms with Gasteiger partial charge in [-0.1, -0.05) is 6.92 Å². The number of alkyl halides is 3. The van der Waals surface area contributed by atoms with Crippen LogP contribution in [-0.2, 0) is 23.2 Å². The molecule has 1 aromatic rings. The number of aromatic nitrogens is 3. The summed E-state index contributed by atoms with van der Waals surface area (Å²) in [6, 6.07) is -0.530. The fourth-order valence-corrected chi connectivity index (χ4v) is 4.23. The van der Waals surface area contributed by atoms with E-state index >= 15 is 0 Å². The zero-order valence-corrected chi connectivity index (χ0v) is 13.7. The highest BCUT2D eigenvalue weighted by Crippen LogP contribution is 2.28. The Kier molecular flexibility index (Phi) is 4.90. The van der Waals surface area contributed by atoms with Crippen molar-refractivity contribution in [2.45, 2.75) is 38.4 Å². The molecule has 0 bridgehead atoms. The van der Waals surface area contributed by atoms with E-state index in [-0.39, 0.29) is 31.7 Å². The molecule has 0 aliphatic carbocycles. The van der Waals surface area contributed by atoms with Crippen molar-refractivity contribution in [3.8, 4) is 0 Å². The van der Waals surface area contributed by atoms with Crippen molar-refractivity contribution in [3.05, 3.63) is 16.3 Å². The summed E-state index contributed by atoms with van der Waals surface area (Å²) >= 11 is 0. The van der Waals surface area contributed by atoms with Crippen LogP contribution in [0.1, 0.15) is 38.1 Å². The molecule has 1 fully saturated rings. The summed E-state index contributed by atoms with van der Waals surface area (Å²) in [6.07, 6.45) is -3.68. The maximum absolute atomic E-state index is 12.8. The lowest BCUT2D eigenvalue weighted by atomic mass is 10.1. The smallest absolute Gasteiger partial charge is 0.274 e. The highest BCUT2D eigenvalue weighted by Gasteiger charge is 2.39. The van der Waals surface area contributed by atoms with Crippen LogP contribution in [0.15, 0.2) is 4.79 Å². The summed E-state index contributed by atoms with van der Waals surface area (Å²) in [5, 5.41) is 3.40.